The zero-order chi connectivity index (χ0) is 15.9. The molecule has 1 aliphatic rings. The quantitative estimate of drug-likeness (QED) is 0.314. The number of rotatable bonds is 6. The molecule has 7 heteroatoms. The molecule has 1 aromatic carbocycles. The number of nitrogens with one attached hydrogen (secondary N) is 2. The van der Waals surface area contributed by atoms with Crippen molar-refractivity contribution in [2.75, 3.05) is 6.54 Å². The summed E-state index contributed by atoms with van der Waals surface area (Å²) in [5.41, 5.74) is 11.5. The highest BCUT2D eigenvalue weighted by atomic mass is 16.2. The summed E-state index contributed by atoms with van der Waals surface area (Å²) < 4.78 is 0. The minimum Gasteiger partial charge on any atom is -0.370 e. The lowest BCUT2D eigenvalue weighted by atomic mass is 10.0. The van der Waals surface area contributed by atoms with E-state index in [0.29, 0.717) is 25.8 Å². The van der Waals surface area contributed by atoms with Crippen LogP contribution in [0.5, 0.6) is 0 Å². The van der Waals surface area contributed by atoms with Crippen LogP contribution in [0.2, 0.25) is 0 Å². The van der Waals surface area contributed by atoms with Gasteiger partial charge in [0.2, 0.25) is 11.8 Å². The summed E-state index contributed by atoms with van der Waals surface area (Å²) in [6.45, 7) is 0.440. The third kappa shape index (κ3) is 4.47. The maximum Gasteiger partial charge on any atom is 0.243 e. The Hall–Kier alpha value is -2.57. The van der Waals surface area contributed by atoms with Crippen molar-refractivity contribution in [1.29, 1.82) is 0 Å². The number of hydrogen-bond donors (Lipinski definition) is 4. The molecular weight excluding hydrogens is 282 g/mol. The van der Waals surface area contributed by atoms with Gasteiger partial charge in [0.1, 0.15) is 12.1 Å². The van der Waals surface area contributed by atoms with E-state index in [-0.39, 0.29) is 17.8 Å². The maximum atomic E-state index is 12.1. The molecule has 2 rings (SSSR count). The van der Waals surface area contributed by atoms with Crippen molar-refractivity contribution in [1.82, 2.24) is 10.6 Å². The summed E-state index contributed by atoms with van der Waals surface area (Å²) in [6.07, 6.45) is 1.62. The summed E-state index contributed by atoms with van der Waals surface area (Å²) in [5.74, 6) is -0.291. The van der Waals surface area contributed by atoms with Gasteiger partial charge in [-0.2, -0.15) is 0 Å². The molecule has 1 heterocycles. The highest BCUT2D eigenvalue weighted by Gasteiger charge is 2.32. The SMILES string of the molecule is NC(N)=NCCC[C@@H]1NC(=O)[C@H](Cc2ccccc2)NC1=O. The van der Waals surface area contributed by atoms with Gasteiger partial charge in [0, 0.05) is 13.0 Å². The van der Waals surface area contributed by atoms with E-state index >= 15 is 0 Å². The topological polar surface area (TPSA) is 123 Å². The van der Waals surface area contributed by atoms with E-state index in [2.05, 4.69) is 15.6 Å². The Morgan fingerprint density at radius 3 is 2.36 bits per heavy atom. The third-order valence-corrected chi connectivity index (χ3v) is 3.49. The number of amides is 2. The molecule has 22 heavy (non-hydrogen) atoms. The first-order valence-corrected chi connectivity index (χ1v) is 7.26. The van der Waals surface area contributed by atoms with Crippen LogP contribution in [0, 0.1) is 0 Å². The number of carbonyl (C=O) groups excluding carboxylic acids is 2. The summed E-state index contributed by atoms with van der Waals surface area (Å²) in [7, 11) is 0. The highest BCUT2D eigenvalue weighted by molar-refractivity contribution is 5.97. The Labute approximate surface area is 129 Å². The van der Waals surface area contributed by atoms with Crippen LogP contribution in [0.25, 0.3) is 0 Å². The Kier molecular flexibility index (Phi) is 5.35. The number of guanidine groups is 1. The van der Waals surface area contributed by atoms with Crippen molar-refractivity contribution in [3.63, 3.8) is 0 Å². The van der Waals surface area contributed by atoms with Gasteiger partial charge in [-0.25, -0.2) is 0 Å². The van der Waals surface area contributed by atoms with E-state index in [4.69, 9.17) is 11.5 Å². The predicted molar refractivity (Wildman–Crippen MR) is 83.9 cm³/mol. The fourth-order valence-electron chi connectivity index (χ4n) is 2.38. The van der Waals surface area contributed by atoms with Crippen LogP contribution in [0.15, 0.2) is 35.3 Å². The van der Waals surface area contributed by atoms with Crippen LogP contribution in [0.4, 0.5) is 0 Å². The summed E-state index contributed by atoms with van der Waals surface area (Å²) >= 11 is 0. The molecule has 118 valence electrons. The van der Waals surface area contributed by atoms with Crippen molar-refractivity contribution in [2.24, 2.45) is 16.5 Å². The van der Waals surface area contributed by atoms with E-state index in [9.17, 15) is 9.59 Å². The Bertz CT molecular complexity index is 554. The van der Waals surface area contributed by atoms with Crippen molar-refractivity contribution >= 4 is 17.8 Å². The minimum atomic E-state index is -0.524. The van der Waals surface area contributed by atoms with Crippen LogP contribution < -0.4 is 22.1 Å². The van der Waals surface area contributed by atoms with E-state index in [0.717, 1.165) is 5.56 Å². The largest absolute Gasteiger partial charge is 0.370 e. The molecule has 0 aromatic heterocycles. The zero-order valence-electron chi connectivity index (χ0n) is 12.3. The van der Waals surface area contributed by atoms with Crippen LogP contribution in [-0.2, 0) is 16.0 Å². The lowest BCUT2D eigenvalue weighted by Crippen LogP contribution is -2.62. The fraction of sp³-hybridized carbons (Fsp3) is 0.400. The van der Waals surface area contributed by atoms with Crippen LogP contribution in [0.1, 0.15) is 18.4 Å². The molecule has 0 radical (unpaired) electrons. The van der Waals surface area contributed by atoms with E-state index in [1.54, 1.807) is 0 Å². The number of aliphatic imine (C=N–C) groups is 1. The van der Waals surface area contributed by atoms with Gasteiger partial charge in [-0.15, -0.1) is 0 Å². The van der Waals surface area contributed by atoms with Gasteiger partial charge in [-0.3, -0.25) is 14.6 Å². The summed E-state index contributed by atoms with van der Waals surface area (Å²) in [6, 6.07) is 8.55. The molecule has 6 N–H and O–H groups in total. The average Bonchev–Trinajstić information content (AvgIpc) is 2.49. The van der Waals surface area contributed by atoms with Gasteiger partial charge in [-0.05, 0) is 18.4 Å². The number of piperazine rings is 1. The molecule has 2 atom stereocenters. The van der Waals surface area contributed by atoms with Gasteiger partial charge in [0.25, 0.3) is 0 Å². The van der Waals surface area contributed by atoms with E-state index in [1.165, 1.54) is 0 Å². The van der Waals surface area contributed by atoms with Gasteiger partial charge in [0.15, 0.2) is 5.96 Å². The molecule has 0 aliphatic carbocycles. The Morgan fingerprint density at radius 1 is 1.05 bits per heavy atom. The highest BCUT2D eigenvalue weighted by Crippen LogP contribution is 2.09. The molecule has 7 nitrogen and oxygen atoms in total. The van der Waals surface area contributed by atoms with Crippen LogP contribution in [-0.4, -0.2) is 36.4 Å². The smallest absolute Gasteiger partial charge is 0.243 e. The molecule has 1 aliphatic heterocycles. The van der Waals surface area contributed by atoms with E-state index < -0.39 is 12.1 Å². The number of nitrogens with zero attached hydrogens (tertiary/aromatic N) is 1. The predicted octanol–water partition coefficient (Wildman–Crippen LogP) is -0.734. The van der Waals surface area contributed by atoms with Crippen molar-refractivity contribution in [3.05, 3.63) is 35.9 Å². The molecule has 1 fully saturated rings. The van der Waals surface area contributed by atoms with Crippen molar-refractivity contribution < 1.29 is 9.59 Å². The van der Waals surface area contributed by atoms with Crippen LogP contribution in [0.3, 0.4) is 0 Å². The second kappa shape index (κ2) is 7.44. The first kappa shape index (κ1) is 15.8. The third-order valence-electron chi connectivity index (χ3n) is 3.49. The first-order chi connectivity index (χ1) is 10.6. The summed E-state index contributed by atoms with van der Waals surface area (Å²) in [5, 5.41) is 5.54. The second-order valence-corrected chi connectivity index (χ2v) is 5.26. The molecule has 0 unspecified atom stereocenters. The van der Waals surface area contributed by atoms with Gasteiger partial charge in [-0.1, -0.05) is 30.3 Å². The maximum absolute atomic E-state index is 12.1. The Balaban J connectivity index is 1.85. The minimum absolute atomic E-state index is 0.0278. The fourth-order valence-corrected chi connectivity index (χ4v) is 2.38. The molecule has 1 saturated heterocycles. The normalized spacial score (nSPS) is 20.9. The molecule has 2 amide bonds. The van der Waals surface area contributed by atoms with Gasteiger partial charge < -0.3 is 22.1 Å². The number of nitrogens with two attached hydrogens (primary N) is 2. The summed E-state index contributed by atoms with van der Waals surface area (Å²) in [4.78, 5) is 28.0. The molecule has 0 saturated carbocycles. The van der Waals surface area contributed by atoms with Crippen LogP contribution >= 0.6 is 0 Å². The first-order valence-electron chi connectivity index (χ1n) is 7.26. The van der Waals surface area contributed by atoms with Gasteiger partial charge in [0.05, 0.1) is 0 Å². The van der Waals surface area contributed by atoms with Crippen molar-refractivity contribution in [3.8, 4) is 0 Å². The zero-order valence-corrected chi connectivity index (χ0v) is 12.3. The molecule has 0 bridgehead atoms. The second-order valence-electron chi connectivity index (χ2n) is 5.26. The standard InChI is InChI=1S/C15H21N5O2/c16-15(17)18-8-4-7-11-13(21)20-12(14(22)19-11)9-10-5-2-1-3-6-10/h1-3,5-6,11-12H,4,7-9H2,(H,19,22)(H,20,21)(H4,16,17,18)/t11-,12-/m0/s1. The lowest BCUT2D eigenvalue weighted by molar-refractivity contribution is -0.136. The lowest BCUT2D eigenvalue weighted by Gasteiger charge is -2.29. The molecular formula is C15H21N5O2. The average molecular weight is 303 g/mol. The number of benzene rings is 1. The van der Waals surface area contributed by atoms with Gasteiger partial charge >= 0.3 is 0 Å². The van der Waals surface area contributed by atoms with E-state index in [1.807, 2.05) is 30.3 Å². The molecule has 0 spiro atoms. The monoisotopic (exact) mass is 303 g/mol. The molecule has 1 aromatic rings. The Morgan fingerprint density at radius 2 is 1.68 bits per heavy atom. The number of hydrogen-bond acceptors (Lipinski definition) is 3. The van der Waals surface area contributed by atoms with Crippen molar-refractivity contribution in [2.45, 2.75) is 31.3 Å². The number of carbonyl (C=O) groups is 2.